The highest BCUT2D eigenvalue weighted by Crippen LogP contribution is 2.50. The van der Waals surface area contributed by atoms with Gasteiger partial charge in [0, 0.05) is 33.0 Å². The summed E-state index contributed by atoms with van der Waals surface area (Å²) in [5.41, 5.74) is 0.449. The zero-order chi connectivity index (χ0) is 16.8. The molecule has 0 radical (unpaired) electrons. The Morgan fingerprint density at radius 1 is 1.30 bits per heavy atom. The highest BCUT2D eigenvalue weighted by atomic mass is 79.9. The maximum atomic E-state index is 13.9. The van der Waals surface area contributed by atoms with Crippen LogP contribution in [0.25, 0.3) is 0 Å². The number of hydrogen-bond donors (Lipinski definition) is 1. The number of thioether (sulfide) groups is 1. The molecule has 1 aliphatic carbocycles. The molecule has 0 fully saturated rings. The number of alkyl halides is 2. The van der Waals surface area contributed by atoms with Crippen LogP contribution < -0.4 is 4.74 Å². The molecule has 0 saturated carbocycles. The Morgan fingerprint density at radius 2 is 2.04 bits per heavy atom. The van der Waals surface area contributed by atoms with Crippen LogP contribution in [0.4, 0.5) is 13.2 Å². The van der Waals surface area contributed by atoms with E-state index in [1.54, 1.807) is 24.5 Å². The van der Waals surface area contributed by atoms with Crippen LogP contribution in [0.5, 0.6) is 11.5 Å². The van der Waals surface area contributed by atoms with Gasteiger partial charge >= 0.3 is 0 Å². The molecule has 0 saturated heterocycles. The third kappa shape index (κ3) is 3.09. The van der Waals surface area contributed by atoms with Crippen molar-refractivity contribution >= 4 is 27.7 Å². The van der Waals surface area contributed by atoms with Crippen molar-refractivity contribution in [2.24, 2.45) is 0 Å². The number of ether oxygens (including phenoxy) is 1. The minimum atomic E-state index is -3.24. The summed E-state index contributed by atoms with van der Waals surface area (Å²) in [4.78, 5) is 0.581. The quantitative estimate of drug-likeness (QED) is 0.701. The van der Waals surface area contributed by atoms with E-state index in [0.717, 1.165) is 0 Å². The number of aliphatic hydroxyl groups excluding tert-OH is 1. The molecule has 2 aromatic rings. The number of rotatable bonds is 3. The number of fused-ring (bicyclic) bond motifs is 1. The van der Waals surface area contributed by atoms with Crippen molar-refractivity contribution in [1.82, 2.24) is 0 Å². The fraction of sp³-hybridized carbons (Fsp3) is 0.250. The summed E-state index contributed by atoms with van der Waals surface area (Å²) in [6, 6.07) is 7.17. The molecule has 0 amide bonds. The standard InChI is InChI=1S/C16H12BrF3O2S/c1-23-13-3-2-12(11-7-16(19,20)15(21)14(11)13)22-10-5-8(17)4-9(18)6-10/h2-6,15,21H,7H2,1H3/t15-/m0/s1. The van der Waals surface area contributed by atoms with Crippen molar-refractivity contribution in [2.75, 3.05) is 6.26 Å². The van der Waals surface area contributed by atoms with Gasteiger partial charge in [0.15, 0.2) is 0 Å². The van der Waals surface area contributed by atoms with Crippen LogP contribution in [-0.2, 0) is 6.42 Å². The molecule has 0 aliphatic heterocycles. The minimum Gasteiger partial charge on any atom is -0.457 e. The summed E-state index contributed by atoms with van der Waals surface area (Å²) >= 11 is 4.44. The lowest BCUT2D eigenvalue weighted by Gasteiger charge is -2.15. The van der Waals surface area contributed by atoms with E-state index in [2.05, 4.69) is 15.9 Å². The molecule has 1 N–H and O–H groups in total. The number of aliphatic hydroxyl groups is 1. The Morgan fingerprint density at radius 3 is 2.70 bits per heavy atom. The maximum absolute atomic E-state index is 13.9. The molecule has 0 unspecified atom stereocenters. The van der Waals surface area contributed by atoms with Gasteiger partial charge in [-0.3, -0.25) is 0 Å². The predicted molar refractivity (Wildman–Crippen MR) is 86.0 cm³/mol. The van der Waals surface area contributed by atoms with Gasteiger partial charge in [0.05, 0.1) is 0 Å². The second kappa shape index (κ2) is 6.03. The van der Waals surface area contributed by atoms with Gasteiger partial charge in [0.2, 0.25) is 0 Å². The van der Waals surface area contributed by atoms with Gasteiger partial charge in [0.25, 0.3) is 5.92 Å². The van der Waals surface area contributed by atoms with Crippen LogP contribution in [0.3, 0.4) is 0 Å². The third-order valence-corrected chi connectivity index (χ3v) is 4.90. The van der Waals surface area contributed by atoms with E-state index in [4.69, 9.17) is 4.74 Å². The molecule has 2 aromatic carbocycles. The molecule has 23 heavy (non-hydrogen) atoms. The minimum absolute atomic E-state index is 0.190. The predicted octanol–water partition coefficient (Wildman–Crippen LogP) is 5.33. The molecule has 0 heterocycles. The molecule has 7 heteroatoms. The van der Waals surface area contributed by atoms with Crippen molar-refractivity contribution in [1.29, 1.82) is 0 Å². The van der Waals surface area contributed by atoms with E-state index in [0.29, 0.717) is 9.37 Å². The highest BCUT2D eigenvalue weighted by molar-refractivity contribution is 9.10. The molecule has 2 nitrogen and oxygen atoms in total. The van der Waals surface area contributed by atoms with Crippen LogP contribution in [0, 0.1) is 5.82 Å². The summed E-state index contributed by atoms with van der Waals surface area (Å²) in [7, 11) is 0. The van der Waals surface area contributed by atoms with Gasteiger partial charge in [-0.05, 0) is 30.5 Å². The number of benzene rings is 2. The van der Waals surface area contributed by atoms with Crippen LogP contribution in [0.15, 0.2) is 39.7 Å². The Bertz CT molecular complexity index is 747. The van der Waals surface area contributed by atoms with Gasteiger partial charge in [-0.25, -0.2) is 13.2 Å². The lowest BCUT2D eigenvalue weighted by molar-refractivity contribution is -0.0976. The van der Waals surface area contributed by atoms with Crippen molar-refractivity contribution < 1.29 is 23.0 Å². The van der Waals surface area contributed by atoms with Crippen LogP contribution in [-0.4, -0.2) is 17.3 Å². The van der Waals surface area contributed by atoms with E-state index >= 15 is 0 Å². The second-order valence-electron chi connectivity index (χ2n) is 5.21. The number of hydrogen-bond acceptors (Lipinski definition) is 3. The molecule has 1 aliphatic rings. The van der Waals surface area contributed by atoms with Crippen molar-refractivity contribution in [2.45, 2.75) is 23.3 Å². The molecule has 3 rings (SSSR count). The van der Waals surface area contributed by atoms with Crippen molar-refractivity contribution in [3.8, 4) is 11.5 Å². The summed E-state index contributed by atoms with van der Waals surface area (Å²) < 4.78 is 47.3. The first-order valence-corrected chi connectivity index (χ1v) is 8.73. The highest BCUT2D eigenvalue weighted by Gasteiger charge is 2.49. The topological polar surface area (TPSA) is 29.5 Å². The van der Waals surface area contributed by atoms with Crippen LogP contribution in [0.2, 0.25) is 0 Å². The number of halogens is 4. The zero-order valence-electron chi connectivity index (χ0n) is 11.9. The van der Waals surface area contributed by atoms with Crippen LogP contribution >= 0.6 is 27.7 Å². The lowest BCUT2D eigenvalue weighted by Crippen LogP contribution is -2.21. The fourth-order valence-electron chi connectivity index (χ4n) is 2.64. The normalized spacial score (nSPS) is 18.8. The average Bonchev–Trinajstić information content (AvgIpc) is 2.70. The first kappa shape index (κ1) is 16.7. The SMILES string of the molecule is CSc1ccc(Oc2cc(F)cc(Br)c2)c2c1[C@H](O)C(F)(F)C2. The van der Waals surface area contributed by atoms with E-state index in [-0.39, 0.29) is 22.6 Å². The van der Waals surface area contributed by atoms with Crippen molar-refractivity contribution in [3.05, 3.63) is 51.7 Å². The average molecular weight is 405 g/mol. The van der Waals surface area contributed by atoms with Gasteiger partial charge < -0.3 is 9.84 Å². The smallest absolute Gasteiger partial charge is 0.281 e. The fourth-order valence-corrected chi connectivity index (χ4v) is 3.74. The Kier molecular flexibility index (Phi) is 4.37. The Balaban J connectivity index is 2.05. The monoisotopic (exact) mass is 404 g/mol. The Labute approximate surface area is 143 Å². The van der Waals surface area contributed by atoms with Crippen LogP contribution in [0.1, 0.15) is 17.2 Å². The van der Waals surface area contributed by atoms with E-state index in [1.165, 1.54) is 23.9 Å². The third-order valence-electron chi connectivity index (χ3n) is 3.64. The second-order valence-corrected chi connectivity index (χ2v) is 6.97. The molecule has 122 valence electrons. The van der Waals surface area contributed by atoms with E-state index in [1.807, 2.05) is 0 Å². The van der Waals surface area contributed by atoms with E-state index in [9.17, 15) is 18.3 Å². The maximum Gasteiger partial charge on any atom is 0.281 e. The molecular formula is C16H12BrF3O2S. The van der Waals surface area contributed by atoms with Gasteiger partial charge in [-0.2, -0.15) is 0 Å². The molecule has 1 atom stereocenters. The lowest BCUT2D eigenvalue weighted by atomic mass is 10.1. The summed E-state index contributed by atoms with van der Waals surface area (Å²) in [6.45, 7) is 0. The first-order valence-electron chi connectivity index (χ1n) is 6.71. The summed E-state index contributed by atoms with van der Waals surface area (Å²) in [6.07, 6.45) is -0.713. The molecule has 0 bridgehead atoms. The Hall–Kier alpha value is -1.18. The molecular weight excluding hydrogens is 393 g/mol. The largest absolute Gasteiger partial charge is 0.457 e. The summed E-state index contributed by atoms with van der Waals surface area (Å²) in [5, 5.41) is 9.91. The van der Waals surface area contributed by atoms with Gasteiger partial charge in [-0.1, -0.05) is 15.9 Å². The zero-order valence-corrected chi connectivity index (χ0v) is 14.3. The van der Waals surface area contributed by atoms with Gasteiger partial charge in [0.1, 0.15) is 23.4 Å². The van der Waals surface area contributed by atoms with E-state index < -0.39 is 24.3 Å². The van der Waals surface area contributed by atoms with Crippen molar-refractivity contribution in [3.63, 3.8) is 0 Å². The van der Waals surface area contributed by atoms with Gasteiger partial charge in [-0.15, -0.1) is 11.8 Å². The first-order chi connectivity index (χ1) is 10.8. The summed E-state index contributed by atoms with van der Waals surface area (Å²) in [5.74, 6) is -3.35. The molecule has 0 aromatic heterocycles. The molecule has 0 spiro atoms.